The molecule has 0 aromatic heterocycles. The molecule has 100 heavy (non-hydrogen) atoms. The van der Waals surface area contributed by atoms with Gasteiger partial charge in [-0.05, 0) is 94.9 Å². The van der Waals surface area contributed by atoms with E-state index in [4.69, 9.17) is 61.6 Å². The van der Waals surface area contributed by atoms with Gasteiger partial charge < -0.3 is 61.6 Å². The van der Waals surface area contributed by atoms with Crippen LogP contribution in [0, 0.1) is 35.5 Å². The molecule has 7 aromatic carbocycles. The molecule has 0 spiro atoms. The summed E-state index contributed by atoms with van der Waals surface area (Å²) in [6, 6.07) is 55.0. The molecule has 7 aromatic rings. The predicted molar refractivity (Wildman–Crippen MR) is 363 cm³/mol. The van der Waals surface area contributed by atoms with E-state index in [2.05, 4.69) is 11.1 Å². The van der Waals surface area contributed by atoms with Crippen LogP contribution in [-0.4, -0.2) is 135 Å². The van der Waals surface area contributed by atoms with Crippen molar-refractivity contribution < 1.29 is 93.9 Å². The number of hydrogen-bond acceptors (Lipinski definition) is 18. The summed E-state index contributed by atoms with van der Waals surface area (Å²) in [6.07, 6.45) is -21.0. The zero-order valence-electron chi connectivity index (χ0n) is 57.1. The van der Waals surface area contributed by atoms with E-state index in [9.17, 15) is 19.2 Å². The Hall–Kier alpha value is -8.38. The number of halogens is 3. The summed E-state index contributed by atoms with van der Waals surface area (Å²) in [7, 11) is 0. The smallest absolute Gasteiger partial charge is 0.459 e. The van der Waals surface area contributed by atoms with E-state index in [0.717, 1.165) is 16.3 Å². The summed E-state index contributed by atoms with van der Waals surface area (Å²) in [5, 5.41) is 2.13. The Labute approximate surface area is 580 Å². The maximum atomic E-state index is 15.2. The van der Waals surface area contributed by atoms with E-state index in [1.54, 1.807) is 122 Å². The van der Waals surface area contributed by atoms with Crippen molar-refractivity contribution in [2.24, 2.45) is 40.5 Å². The molecule has 20 atom stereocenters. The second kappa shape index (κ2) is 33.4. The van der Waals surface area contributed by atoms with Crippen LogP contribution in [0.2, 0.25) is 0 Å². The predicted octanol–water partition coefficient (Wildman–Crippen LogP) is 14.9. The highest BCUT2D eigenvalue weighted by atomic mass is 19.4. The van der Waals surface area contributed by atoms with E-state index < -0.39 is 146 Å². The first-order chi connectivity index (χ1) is 48.3. The van der Waals surface area contributed by atoms with Gasteiger partial charge in [-0.15, -0.1) is 0 Å². The highest BCUT2D eigenvalue weighted by Crippen LogP contribution is 2.45. The fourth-order valence-corrected chi connectivity index (χ4v) is 13.3. The molecule has 0 bridgehead atoms. The number of esters is 4. The van der Waals surface area contributed by atoms with Gasteiger partial charge in [-0.25, -0.2) is 24.2 Å². The zero-order chi connectivity index (χ0) is 70.6. The van der Waals surface area contributed by atoms with Crippen molar-refractivity contribution in [1.29, 1.82) is 0 Å². The van der Waals surface area contributed by atoms with Gasteiger partial charge in [-0.3, -0.25) is 0 Å². The molecule has 4 fully saturated rings. The summed E-state index contributed by atoms with van der Waals surface area (Å²) in [5.41, 5.74) is 1.79. The van der Waals surface area contributed by atoms with Gasteiger partial charge in [-0.2, -0.15) is 13.2 Å². The number of fused-ring (bicyclic) bond motifs is 1. The maximum absolute atomic E-state index is 15.2. The molecule has 4 heterocycles. The molecular weight excluding hydrogens is 1290 g/mol. The van der Waals surface area contributed by atoms with Crippen LogP contribution in [0.15, 0.2) is 199 Å². The average molecular weight is 1380 g/mol. The minimum absolute atomic E-state index is 0.0665. The number of rotatable bonds is 25. The summed E-state index contributed by atoms with van der Waals surface area (Å²) in [6.45, 7) is 14.9. The fourth-order valence-electron chi connectivity index (χ4n) is 13.3. The lowest BCUT2D eigenvalue weighted by atomic mass is 9.85. The fraction of sp³-hybridized carbons (Fsp3) is 0.430. The molecule has 4 aliphatic rings. The van der Waals surface area contributed by atoms with E-state index in [1.165, 1.54) is 36.4 Å². The first kappa shape index (κ1) is 72.9. The number of carbonyl (C=O) groups is 4. The second-order valence-corrected chi connectivity index (χ2v) is 26.3. The van der Waals surface area contributed by atoms with Crippen LogP contribution in [0.4, 0.5) is 18.9 Å². The van der Waals surface area contributed by atoms with E-state index in [1.807, 2.05) is 84.9 Å². The van der Waals surface area contributed by atoms with Crippen molar-refractivity contribution >= 4 is 46.2 Å². The topological polar surface area (TPSA) is 201 Å². The van der Waals surface area contributed by atoms with E-state index >= 15 is 13.2 Å². The van der Waals surface area contributed by atoms with Crippen molar-refractivity contribution in [2.75, 3.05) is 13.2 Å². The van der Waals surface area contributed by atoms with E-state index in [-0.39, 0.29) is 54.0 Å². The average Bonchev–Trinajstić information content (AvgIpc) is 1.57. The first-order valence-electron chi connectivity index (χ1n) is 34.3. The zero-order valence-corrected chi connectivity index (χ0v) is 57.1. The number of carbonyl (C=O) groups excluding carboxylic acids is 4. The van der Waals surface area contributed by atoms with Crippen molar-refractivity contribution in [3.8, 4) is 0 Å². The molecule has 11 rings (SSSR count). The Balaban J connectivity index is 0.944. The Morgan fingerprint density at radius 2 is 0.830 bits per heavy atom. The van der Waals surface area contributed by atoms with Crippen LogP contribution in [0.25, 0.3) is 10.8 Å². The molecule has 18 unspecified atom stereocenters. The molecule has 0 N–H and O–H groups in total. The third-order valence-electron chi connectivity index (χ3n) is 19.4. The minimum atomic E-state index is -5.16. The first-order valence-corrected chi connectivity index (χ1v) is 34.3. The third kappa shape index (κ3) is 17.5. The molecule has 0 amide bonds. The molecule has 0 saturated carbocycles. The van der Waals surface area contributed by atoms with Crippen LogP contribution in [0.1, 0.15) is 115 Å². The molecule has 18 nitrogen and oxygen atoms in total. The van der Waals surface area contributed by atoms with Crippen LogP contribution in [-0.2, 0) is 68.2 Å². The van der Waals surface area contributed by atoms with Gasteiger partial charge in [-0.1, -0.05) is 196 Å². The van der Waals surface area contributed by atoms with Gasteiger partial charge in [0.2, 0.25) is 6.29 Å². The largest absolute Gasteiger partial charge is 0.468 e. The SMILES string of the molecule is CC[C@@H](C)C1OC(OC(=Nc2ccccc2)C(F)(F)F)C(OC(=O)c2ccccc2)C1OC1OC(COC(=O)c2ccccc2)C(C)C(OC2OC([C@H](C)CC)C(OC3OC(COC(=O)c4ccccc4)C(C)C(OCc4ccc5ccccc5c4)C3C)C2OC(=O)c2ccccc2)C1C. The third-order valence-corrected chi connectivity index (χ3v) is 19.4. The van der Waals surface area contributed by atoms with Crippen molar-refractivity contribution in [3.05, 3.63) is 222 Å². The maximum Gasteiger partial charge on any atom is 0.468 e. The van der Waals surface area contributed by atoms with Gasteiger partial charge in [0.05, 0.1) is 71.2 Å². The Morgan fingerprint density at radius 3 is 1.30 bits per heavy atom. The molecule has 0 aliphatic carbocycles. The van der Waals surface area contributed by atoms with Crippen LogP contribution in [0.3, 0.4) is 0 Å². The summed E-state index contributed by atoms with van der Waals surface area (Å²) in [4.78, 5) is 60.3. The highest BCUT2D eigenvalue weighted by Gasteiger charge is 2.59. The standard InChI is InChI=1S/C79H86F3NO17/c1-9-46(3)62-66(98-74-50(7)64(88-43-52-40-41-53-28-26-27-37-58(53)42-52)48(5)60(91-74)44-89-70(84)54-29-16-11-17-30-54)68(93-72(86)56-33-20-13-21-34-56)76(95-62)97-65-49(6)61(45-90-71(85)55-31-18-12-19-32-55)92-75(51(65)8)99-67-63(47(4)10-2)96-77(69(67)94-73(87)57-35-22-14-23-36-57)100-78(79(80,81)82)83-59-38-24-15-25-39-59/h11-42,46-51,60-69,74-77H,9-10,43-45H2,1-8H3/t46-,47-,48?,49?,50?,51?,60?,61?,62?,63?,64?,65?,66?,67?,68?,69?,74?,75?,76?,77?/m1/s1. The molecular formula is C79H86F3NO17. The molecule has 4 saturated heterocycles. The minimum Gasteiger partial charge on any atom is -0.459 e. The lowest BCUT2D eigenvalue weighted by molar-refractivity contribution is -0.317. The number of nitrogens with zero attached hydrogens (tertiary/aromatic N) is 1. The summed E-state index contributed by atoms with van der Waals surface area (Å²) in [5.74, 6) is -7.71. The monoisotopic (exact) mass is 1380 g/mol. The van der Waals surface area contributed by atoms with Gasteiger partial charge >= 0.3 is 30.1 Å². The van der Waals surface area contributed by atoms with Crippen molar-refractivity contribution in [1.82, 2.24) is 0 Å². The van der Waals surface area contributed by atoms with E-state index in [0.29, 0.717) is 18.4 Å². The molecule has 21 heteroatoms. The number of aliphatic imine (C=N–C) groups is 1. The van der Waals surface area contributed by atoms with Gasteiger partial charge in [0.25, 0.3) is 5.90 Å². The van der Waals surface area contributed by atoms with Crippen molar-refractivity contribution in [2.45, 2.75) is 167 Å². The summed E-state index contributed by atoms with van der Waals surface area (Å²) >= 11 is 0. The van der Waals surface area contributed by atoms with Gasteiger partial charge in [0.1, 0.15) is 25.4 Å². The molecule has 4 aliphatic heterocycles. The number of para-hydroxylation sites is 1. The molecule has 0 radical (unpaired) electrons. The summed E-state index contributed by atoms with van der Waals surface area (Å²) < 4.78 is 132. The number of hydrogen-bond donors (Lipinski definition) is 0. The molecule has 530 valence electrons. The Bertz CT molecular complexity index is 3840. The van der Waals surface area contributed by atoms with Crippen molar-refractivity contribution in [3.63, 3.8) is 0 Å². The van der Waals surface area contributed by atoms with Gasteiger partial charge in [0, 0.05) is 23.7 Å². The highest BCUT2D eigenvalue weighted by molar-refractivity contribution is 5.91. The lowest BCUT2D eigenvalue weighted by Gasteiger charge is -2.46. The second-order valence-electron chi connectivity index (χ2n) is 26.3. The van der Waals surface area contributed by atoms with Gasteiger partial charge in [0.15, 0.2) is 31.1 Å². The Morgan fingerprint density at radius 1 is 0.430 bits per heavy atom. The lowest BCUT2D eigenvalue weighted by Crippen LogP contribution is -2.57. The van der Waals surface area contributed by atoms with Crippen LogP contribution < -0.4 is 0 Å². The Kier molecular flexibility index (Phi) is 24.3. The number of benzene rings is 7. The normalized spacial score (nSPS) is 29.1. The number of alkyl halides is 3. The quantitative estimate of drug-likeness (QED) is 0.0226. The number of ether oxygens (including phenoxy) is 13. The van der Waals surface area contributed by atoms with Crippen LogP contribution in [0.5, 0.6) is 0 Å². The van der Waals surface area contributed by atoms with Crippen LogP contribution >= 0.6 is 0 Å².